The second-order valence-electron chi connectivity index (χ2n) is 6.78. The highest BCUT2D eigenvalue weighted by molar-refractivity contribution is 7.13. The van der Waals surface area contributed by atoms with Crippen LogP contribution >= 0.6 is 11.3 Å². The Morgan fingerprint density at radius 2 is 2.17 bits per heavy atom. The molecule has 0 radical (unpaired) electrons. The van der Waals surface area contributed by atoms with Gasteiger partial charge in [0.1, 0.15) is 6.26 Å². The van der Waals surface area contributed by atoms with Crippen LogP contribution in [0, 0.1) is 0 Å². The number of likely N-dealkylation sites (tertiary alicyclic amines) is 2. The van der Waals surface area contributed by atoms with Crippen LogP contribution in [0.15, 0.2) is 28.2 Å². The number of thiophene rings is 1. The molecule has 4 rings (SSSR count). The maximum Gasteiger partial charge on any atom is 0.236 e. The van der Waals surface area contributed by atoms with E-state index in [1.54, 1.807) is 17.6 Å². The second-order valence-corrected chi connectivity index (χ2v) is 7.73. The van der Waals surface area contributed by atoms with Gasteiger partial charge < -0.3 is 14.2 Å². The van der Waals surface area contributed by atoms with E-state index < -0.39 is 0 Å². The lowest BCUT2D eigenvalue weighted by molar-refractivity contribution is -0.132. The fourth-order valence-electron chi connectivity index (χ4n) is 4.08. The van der Waals surface area contributed by atoms with Crippen molar-refractivity contribution in [3.63, 3.8) is 0 Å². The van der Waals surface area contributed by atoms with Gasteiger partial charge in [-0.15, -0.1) is 11.3 Å². The lowest BCUT2D eigenvalue weighted by Gasteiger charge is -2.33. The number of oxazole rings is 1. The minimum Gasteiger partial charge on any atom is -0.444 e. The van der Waals surface area contributed by atoms with Crippen molar-refractivity contribution in [1.82, 2.24) is 14.8 Å². The number of rotatable bonds is 4. The van der Waals surface area contributed by atoms with Gasteiger partial charge >= 0.3 is 0 Å². The summed E-state index contributed by atoms with van der Waals surface area (Å²) in [7, 11) is 2.18. The van der Waals surface area contributed by atoms with Gasteiger partial charge in [0.25, 0.3) is 0 Å². The quantitative estimate of drug-likeness (QED) is 0.855. The smallest absolute Gasteiger partial charge is 0.236 e. The molecule has 4 heterocycles. The summed E-state index contributed by atoms with van der Waals surface area (Å²) < 4.78 is 5.54. The summed E-state index contributed by atoms with van der Waals surface area (Å²) in [5, 5.41) is 2.00. The minimum absolute atomic E-state index is 0.184. The van der Waals surface area contributed by atoms with E-state index in [1.807, 2.05) is 17.5 Å². The van der Waals surface area contributed by atoms with Crippen LogP contribution in [0.3, 0.4) is 0 Å². The van der Waals surface area contributed by atoms with Crippen molar-refractivity contribution in [3.05, 3.63) is 29.5 Å². The van der Waals surface area contributed by atoms with Gasteiger partial charge in [-0.05, 0) is 50.7 Å². The molecule has 2 saturated heterocycles. The Labute approximate surface area is 146 Å². The summed E-state index contributed by atoms with van der Waals surface area (Å²) in [5.74, 6) is 0.796. The molecule has 6 heteroatoms. The van der Waals surface area contributed by atoms with Gasteiger partial charge in [0.2, 0.25) is 11.8 Å². The Morgan fingerprint density at radius 3 is 2.92 bits per heavy atom. The number of amides is 1. The van der Waals surface area contributed by atoms with Crippen LogP contribution in [0.1, 0.15) is 31.4 Å². The molecule has 0 N–H and O–H groups in total. The molecule has 5 nitrogen and oxygen atoms in total. The SMILES string of the molecule is CN1CCC[C@@H]1[C@H]1CCCN1C(=O)Cc1coc(-c2cccs2)n1. The van der Waals surface area contributed by atoms with E-state index in [9.17, 15) is 4.79 Å². The third-order valence-corrected chi connectivity index (χ3v) is 6.11. The third kappa shape index (κ3) is 3.00. The van der Waals surface area contributed by atoms with Gasteiger partial charge in [-0.3, -0.25) is 4.79 Å². The Bertz CT molecular complexity index is 697. The first-order chi connectivity index (χ1) is 11.7. The average molecular weight is 345 g/mol. The molecule has 2 aliphatic rings. The molecule has 24 heavy (non-hydrogen) atoms. The van der Waals surface area contributed by atoms with Gasteiger partial charge in [-0.1, -0.05) is 6.07 Å². The fraction of sp³-hybridized carbons (Fsp3) is 0.556. The van der Waals surface area contributed by atoms with Crippen molar-refractivity contribution in [3.8, 4) is 10.8 Å². The first-order valence-electron chi connectivity index (χ1n) is 8.70. The molecule has 0 aromatic carbocycles. The number of likely N-dealkylation sites (N-methyl/N-ethyl adjacent to an activating group) is 1. The van der Waals surface area contributed by atoms with Crippen LogP contribution in [0.4, 0.5) is 0 Å². The number of hydrogen-bond donors (Lipinski definition) is 0. The highest BCUT2D eigenvalue weighted by atomic mass is 32.1. The zero-order valence-electron chi connectivity index (χ0n) is 14.0. The molecule has 0 unspecified atom stereocenters. The van der Waals surface area contributed by atoms with Gasteiger partial charge in [-0.25, -0.2) is 4.98 Å². The summed E-state index contributed by atoms with van der Waals surface area (Å²) >= 11 is 1.59. The minimum atomic E-state index is 0.184. The van der Waals surface area contributed by atoms with E-state index >= 15 is 0 Å². The van der Waals surface area contributed by atoms with E-state index in [0.29, 0.717) is 24.4 Å². The summed E-state index contributed by atoms with van der Waals surface area (Å²) in [6.45, 7) is 2.03. The molecule has 2 aromatic heterocycles. The monoisotopic (exact) mass is 345 g/mol. The first-order valence-corrected chi connectivity index (χ1v) is 9.58. The van der Waals surface area contributed by atoms with Crippen LogP contribution in [-0.4, -0.2) is 52.9 Å². The summed E-state index contributed by atoms with van der Waals surface area (Å²) in [6.07, 6.45) is 6.64. The number of carbonyl (C=O) groups is 1. The molecule has 0 aliphatic carbocycles. The third-order valence-electron chi connectivity index (χ3n) is 5.26. The number of nitrogens with zero attached hydrogens (tertiary/aromatic N) is 3. The lowest BCUT2D eigenvalue weighted by atomic mass is 10.0. The fourth-order valence-corrected chi connectivity index (χ4v) is 4.74. The molecular weight excluding hydrogens is 322 g/mol. The molecule has 128 valence electrons. The lowest BCUT2D eigenvalue weighted by Crippen LogP contribution is -2.47. The number of aromatic nitrogens is 1. The Balaban J connectivity index is 1.44. The standard InChI is InChI=1S/C18H23N3O2S/c1-20-8-2-5-14(20)15-6-3-9-21(15)17(22)11-13-12-23-18(19-13)16-7-4-10-24-16/h4,7,10,12,14-15H,2-3,5-6,8-9,11H2,1H3/t14-,15-/m1/s1. The molecule has 2 aliphatic heterocycles. The Morgan fingerprint density at radius 1 is 1.33 bits per heavy atom. The highest BCUT2D eigenvalue weighted by Gasteiger charge is 2.38. The normalized spacial score (nSPS) is 24.8. The highest BCUT2D eigenvalue weighted by Crippen LogP contribution is 2.30. The zero-order chi connectivity index (χ0) is 16.5. The first kappa shape index (κ1) is 15.8. The molecule has 2 fully saturated rings. The molecule has 0 saturated carbocycles. The van der Waals surface area contributed by atoms with Crippen molar-refractivity contribution >= 4 is 17.2 Å². The summed E-state index contributed by atoms with van der Waals surface area (Å²) in [4.78, 5) is 22.8. The van der Waals surface area contributed by atoms with Gasteiger partial charge in [0, 0.05) is 18.6 Å². The van der Waals surface area contributed by atoms with Gasteiger partial charge in [0.15, 0.2) is 0 Å². The van der Waals surface area contributed by atoms with Crippen LogP contribution in [0.25, 0.3) is 10.8 Å². The topological polar surface area (TPSA) is 49.6 Å². The number of hydrogen-bond acceptors (Lipinski definition) is 5. The van der Waals surface area contributed by atoms with E-state index in [0.717, 1.165) is 36.5 Å². The van der Waals surface area contributed by atoms with E-state index in [2.05, 4.69) is 21.8 Å². The predicted octanol–water partition coefficient (Wildman–Crippen LogP) is 3.03. The zero-order valence-corrected chi connectivity index (χ0v) is 14.8. The molecule has 0 bridgehead atoms. The molecular formula is C18H23N3O2S. The van der Waals surface area contributed by atoms with E-state index in [1.165, 1.54) is 12.8 Å². The van der Waals surface area contributed by atoms with Crippen LogP contribution in [-0.2, 0) is 11.2 Å². The van der Waals surface area contributed by atoms with Crippen LogP contribution in [0.5, 0.6) is 0 Å². The van der Waals surface area contributed by atoms with Crippen molar-refractivity contribution in [1.29, 1.82) is 0 Å². The maximum atomic E-state index is 12.8. The molecule has 2 atom stereocenters. The summed E-state index contributed by atoms with van der Waals surface area (Å²) in [6, 6.07) is 4.85. The van der Waals surface area contributed by atoms with Crippen molar-refractivity contribution in [2.75, 3.05) is 20.1 Å². The Kier molecular flexibility index (Phi) is 4.41. The van der Waals surface area contributed by atoms with Crippen molar-refractivity contribution < 1.29 is 9.21 Å². The molecule has 0 spiro atoms. The van der Waals surface area contributed by atoms with E-state index in [4.69, 9.17) is 4.42 Å². The second kappa shape index (κ2) is 6.69. The van der Waals surface area contributed by atoms with Gasteiger partial charge in [0.05, 0.1) is 17.0 Å². The van der Waals surface area contributed by atoms with Crippen LogP contribution in [0.2, 0.25) is 0 Å². The Hall–Kier alpha value is -1.66. The largest absolute Gasteiger partial charge is 0.444 e. The van der Waals surface area contributed by atoms with Crippen LogP contribution < -0.4 is 0 Å². The molecule has 1 amide bonds. The van der Waals surface area contributed by atoms with Crippen molar-refractivity contribution in [2.24, 2.45) is 0 Å². The molecule has 2 aromatic rings. The van der Waals surface area contributed by atoms with Crippen molar-refractivity contribution in [2.45, 2.75) is 44.2 Å². The van der Waals surface area contributed by atoms with E-state index in [-0.39, 0.29) is 5.91 Å². The predicted molar refractivity (Wildman–Crippen MR) is 93.9 cm³/mol. The summed E-state index contributed by atoms with van der Waals surface area (Å²) in [5.41, 5.74) is 0.730. The number of carbonyl (C=O) groups excluding carboxylic acids is 1. The average Bonchev–Trinajstić information content (AvgIpc) is 3.34. The van der Waals surface area contributed by atoms with Gasteiger partial charge in [-0.2, -0.15) is 0 Å². The maximum absolute atomic E-state index is 12.8.